The molecule has 6 heavy (non-hydrogen) atoms. The average molecular weight is 295 g/mol. The van der Waals surface area contributed by atoms with Crippen molar-refractivity contribution in [2.75, 3.05) is 0 Å². The SMILES string of the molecule is [Ce+4].[O-2].[O-2].[O-2].[O-2].[Zr+4]. The van der Waals surface area contributed by atoms with Gasteiger partial charge in [0.2, 0.25) is 0 Å². The van der Waals surface area contributed by atoms with Crippen LogP contribution in [0.25, 0.3) is 0 Å². The zero-order chi connectivity index (χ0) is 0. The van der Waals surface area contributed by atoms with Gasteiger partial charge in [-0.15, -0.1) is 0 Å². The molecule has 0 saturated carbocycles. The monoisotopic (exact) mass is 294 g/mol. The fraction of sp³-hybridized carbons (Fsp3) is 0. The van der Waals surface area contributed by atoms with Crippen LogP contribution in [0.1, 0.15) is 0 Å². The first-order valence-electron chi connectivity index (χ1n) is 0. The second-order valence-corrected chi connectivity index (χ2v) is 0. The van der Waals surface area contributed by atoms with Crippen molar-refractivity contribution >= 4 is 0 Å². The summed E-state index contributed by atoms with van der Waals surface area (Å²) < 4.78 is 0. The Balaban J connectivity index is 0. The Kier molecular flexibility index (Phi) is 925. The maximum atomic E-state index is 0. The average Bonchev–Trinajstić information content (AvgIpc) is 0. The molecule has 0 fully saturated rings. The maximum absolute atomic E-state index is 0. The minimum Gasteiger partial charge on any atom is -2.00 e. The van der Waals surface area contributed by atoms with Crippen molar-refractivity contribution in [1.29, 1.82) is 0 Å². The fourth-order valence-corrected chi connectivity index (χ4v) is 0. The summed E-state index contributed by atoms with van der Waals surface area (Å²) in [6, 6.07) is 0. The topological polar surface area (TPSA) is 114 Å². The van der Waals surface area contributed by atoms with E-state index in [9.17, 15) is 0 Å². The van der Waals surface area contributed by atoms with Gasteiger partial charge >= 0.3 is 68.0 Å². The number of hydrogen-bond donors (Lipinski definition) is 0. The molecule has 0 N–H and O–H groups in total. The van der Waals surface area contributed by atoms with E-state index in [4.69, 9.17) is 0 Å². The molecule has 32 valence electrons. The van der Waals surface area contributed by atoms with Crippen LogP contribution in [0.3, 0.4) is 0 Å². The van der Waals surface area contributed by atoms with E-state index < -0.39 is 0 Å². The second-order valence-electron chi connectivity index (χ2n) is 0. The summed E-state index contributed by atoms with van der Waals surface area (Å²) in [5.41, 5.74) is 0. The van der Waals surface area contributed by atoms with Crippen LogP contribution in [0.15, 0.2) is 0 Å². The Morgan fingerprint density at radius 1 is 0.500 bits per heavy atom. The molecule has 4 nitrogen and oxygen atoms in total. The first kappa shape index (κ1) is 92.6. The molecule has 0 saturated heterocycles. The van der Waals surface area contributed by atoms with E-state index in [1.54, 1.807) is 0 Å². The standard InChI is InChI=1S/Ce.4O.Zr/q+4;4*-2;+4. The van der Waals surface area contributed by atoms with E-state index in [0.717, 1.165) is 0 Å². The Hall–Kier alpha value is 2.10. The van der Waals surface area contributed by atoms with Gasteiger partial charge in [0.15, 0.2) is 0 Å². The molecular formula is CeO4Zr. The maximum Gasteiger partial charge on any atom is 4.00 e. The zero-order valence-corrected chi connectivity index (χ0v) is 8.23. The molecule has 0 aromatic rings. The summed E-state index contributed by atoms with van der Waals surface area (Å²) in [6.45, 7) is 0. The molecule has 0 unspecified atom stereocenters. The molecule has 0 rings (SSSR count). The van der Waals surface area contributed by atoms with Gasteiger partial charge in [0.25, 0.3) is 0 Å². The summed E-state index contributed by atoms with van der Waals surface area (Å²) in [5, 5.41) is 0. The quantitative estimate of drug-likeness (QED) is 0.574. The fourth-order valence-electron chi connectivity index (χ4n) is 0. The van der Waals surface area contributed by atoms with Crippen molar-refractivity contribution in [1.82, 2.24) is 0 Å². The van der Waals surface area contributed by atoms with Gasteiger partial charge in [0.05, 0.1) is 0 Å². The molecule has 0 heterocycles. The van der Waals surface area contributed by atoms with E-state index in [1.165, 1.54) is 0 Å². The van der Waals surface area contributed by atoms with E-state index in [1.807, 2.05) is 0 Å². The molecule has 0 atom stereocenters. The molecule has 0 bridgehead atoms. The van der Waals surface area contributed by atoms with Gasteiger partial charge in [0.1, 0.15) is 0 Å². The molecule has 0 aliphatic carbocycles. The van der Waals surface area contributed by atoms with Crippen molar-refractivity contribution < 1.29 is 89.9 Å². The van der Waals surface area contributed by atoms with Gasteiger partial charge in [-0.1, -0.05) is 0 Å². The van der Waals surface area contributed by atoms with Crippen LogP contribution in [0.2, 0.25) is 0 Å². The number of rotatable bonds is 0. The Labute approximate surface area is 88.4 Å². The third-order valence-electron chi connectivity index (χ3n) is 0. The molecule has 6 heteroatoms. The molecule has 0 spiro atoms. The minimum atomic E-state index is 0. The summed E-state index contributed by atoms with van der Waals surface area (Å²) in [7, 11) is 0. The Morgan fingerprint density at radius 2 is 0.500 bits per heavy atom. The van der Waals surface area contributed by atoms with Crippen molar-refractivity contribution in [2.45, 2.75) is 0 Å². The van der Waals surface area contributed by atoms with E-state index in [0.29, 0.717) is 0 Å². The van der Waals surface area contributed by atoms with Gasteiger partial charge in [-0.05, 0) is 0 Å². The van der Waals surface area contributed by atoms with Crippen LogP contribution in [0.5, 0.6) is 0 Å². The smallest absolute Gasteiger partial charge is 2.00 e. The van der Waals surface area contributed by atoms with Gasteiger partial charge in [-0.2, -0.15) is 0 Å². The Bertz CT molecular complexity index is 7.51. The zero-order valence-electron chi connectivity index (χ0n) is 2.63. The van der Waals surface area contributed by atoms with Crippen LogP contribution in [-0.2, 0) is 48.1 Å². The number of hydrogen-bond acceptors (Lipinski definition) is 0. The van der Waals surface area contributed by atoms with Crippen molar-refractivity contribution in [2.24, 2.45) is 0 Å². The molecule has 0 radical (unpaired) electrons. The predicted molar refractivity (Wildman–Crippen MR) is 2.75 cm³/mol. The van der Waals surface area contributed by atoms with Crippen molar-refractivity contribution in [3.05, 3.63) is 0 Å². The first-order chi connectivity index (χ1) is 0. The van der Waals surface area contributed by atoms with E-state index >= 15 is 0 Å². The first-order valence-corrected chi connectivity index (χ1v) is 0. The largest absolute Gasteiger partial charge is 4.00 e. The normalized spacial score (nSPS) is 0. The van der Waals surface area contributed by atoms with Crippen LogP contribution >= 0.6 is 0 Å². The molecule has 0 aliphatic heterocycles. The molecule has 0 aromatic carbocycles. The van der Waals surface area contributed by atoms with E-state index in [2.05, 4.69) is 0 Å². The third kappa shape index (κ3) is 36.0. The van der Waals surface area contributed by atoms with Gasteiger partial charge in [0, 0.05) is 0 Å². The van der Waals surface area contributed by atoms with Crippen molar-refractivity contribution in [3.8, 4) is 0 Å². The third-order valence-corrected chi connectivity index (χ3v) is 0. The van der Waals surface area contributed by atoms with Crippen molar-refractivity contribution in [3.63, 3.8) is 0 Å². The minimum absolute atomic E-state index is 0. The van der Waals surface area contributed by atoms with Crippen LogP contribution in [0, 0.1) is 41.7 Å². The van der Waals surface area contributed by atoms with Crippen LogP contribution in [-0.4, -0.2) is 0 Å². The summed E-state index contributed by atoms with van der Waals surface area (Å²) in [5.74, 6) is 0. The van der Waals surface area contributed by atoms with Gasteiger partial charge in [-0.25, -0.2) is 0 Å². The van der Waals surface area contributed by atoms with Gasteiger partial charge < -0.3 is 21.9 Å². The Morgan fingerprint density at radius 3 is 0.500 bits per heavy atom. The van der Waals surface area contributed by atoms with Crippen LogP contribution in [0.4, 0.5) is 0 Å². The summed E-state index contributed by atoms with van der Waals surface area (Å²) >= 11 is 0. The van der Waals surface area contributed by atoms with E-state index in [-0.39, 0.29) is 89.9 Å². The summed E-state index contributed by atoms with van der Waals surface area (Å²) in [4.78, 5) is 0. The van der Waals surface area contributed by atoms with Gasteiger partial charge in [-0.3, -0.25) is 0 Å². The molecule has 0 aromatic heterocycles. The molecule has 0 amide bonds. The summed E-state index contributed by atoms with van der Waals surface area (Å²) in [6.07, 6.45) is 0. The molecular weight excluding hydrogens is 295 g/mol. The van der Waals surface area contributed by atoms with Crippen LogP contribution < -0.4 is 0 Å². The molecule has 0 aliphatic rings. The second kappa shape index (κ2) is 59.9. The predicted octanol–water partition coefficient (Wildman–Crippen LogP) is -0.478.